The van der Waals surface area contributed by atoms with Crippen LogP contribution in [0.3, 0.4) is 0 Å². The molecule has 19 heavy (non-hydrogen) atoms. The maximum absolute atomic E-state index is 11.9. The molecule has 7 heteroatoms. The van der Waals surface area contributed by atoms with Crippen molar-refractivity contribution in [2.24, 2.45) is 0 Å². The van der Waals surface area contributed by atoms with Crippen LogP contribution in [0.2, 0.25) is 0 Å². The molecule has 1 unspecified atom stereocenters. The van der Waals surface area contributed by atoms with Gasteiger partial charge in [0.15, 0.2) is 0 Å². The Kier molecular flexibility index (Phi) is 6.50. The van der Waals surface area contributed by atoms with Gasteiger partial charge in [-0.05, 0) is 38.4 Å². The molecule has 0 radical (unpaired) electrons. The standard InChI is InChI=1S/C12H22N2O4S/c1-3-13-9-11-6-7-12(18-11)19(16,17)14-8-4-5-10(2)15/h6-7,10,13-15H,3-5,8-9H2,1-2H3. The Morgan fingerprint density at radius 1 is 1.42 bits per heavy atom. The number of rotatable bonds is 9. The van der Waals surface area contributed by atoms with E-state index >= 15 is 0 Å². The van der Waals surface area contributed by atoms with Crippen molar-refractivity contribution in [3.05, 3.63) is 17.9 Å². The minimum Gasteiger partial charge on any atom is -0.447 e. The first-order chi connectivity index (χ1) is 8.95. The monoisotopic (exact) mass is 290 g/mol. The van der Waals surface area contributed by atoms with Crippen molar-refractivity contribution >= 4 is 10.0 Å². The molecule has 110 valence electrons. The zero-order valence-corrected chi connectivity index (χ0v) is 12.2. The van der Waals surface area contributed by atoms with Gasteiger partial charge in [-0.3, -0.25) is 0 Å². The van der Waals surface area contributed by atoms with Crippen LogP contribution in [0.5, 0.6) is 0 Å². The van der Waals surface area contributed by atoms with E-state index in [2.05, 4.69) is 10.0 Å². The third kappa shape index (κ3) is 5.73. The molecule has 0 aromatic carbocycles. The van der Waals surface area contributed by atoms with Crippen LogP contribution in [-0.2, 0) is 16.6 Å². The molecular formula is C12H22N2O4S. The summed E-state index contributed by atoms with van der Waals surface area (Å²) in [7, 11) is -3.59. The van der Waals surface area contributed by atoms with Crippen molar-refractivity contribution in [3.8, 4) is 0 Å². The van der Waals surface area contributed by atoms with Gasteiger partial charge < -0.3 is 14.8 Å². The van der Waals surface area contributed by atoms with Gasteiger partial charge >= 0.3 is 0 Å². The van der Waals surface area contributed by atoms with Gasteiger partial charge in [0.1, 0.15) is 5.76 Å². The third-order valence-corrected chi connectivity index (χ3v) is 3.88. The molecule has 0 amide bonds. The van der Waals surface area contributed by atoms with Gasteiger partial charge in [-0.25, -0.2) is 13.1 Å². The van der Waals surface area contributed by atoms with Crippen molar-refractivity contribution in [3.63, 3.8) is 0 Å². The second kappa shape index (κ2) is 7.64. The summed E-state index contributed by atoms with van der Waals surface area (Å²) in [4.78, 5) is 0. The molecule has 1 heterocycles. The van der Waals surface area contributed by atoms with Crippen LogP contribution in [0.4, 0.5) is 0 Å². The molecular weight excluding hydrogens is 268 g/mol. The molecule has 1 atom stereocenters. The molecule has 1 aromatic heterocycles. The summed E-state index contributed by atoms with van der Waals surface area (Å²) in [5, 5.41) is 12.1. The quantitative estimate of drug-likeness (QED) is 0.586. The highest BCUT2D eigenvalue weighted by Gasteiger charge is 2.17. The van der Waals surface area contributed by atoms with Crippen molar-refractivity contribution in [2.45, 2.75) is 44.4 Å². The molecule has 1 rings (SSSR count). The van der Waals surface area contributed by atoms with Crippen LogP contribution in [0.15, 0.2) is 21.6 Å². The van der Waals surface area contributed by atoms with Crippen molar-refractivity contribution in [2.75, 3.05) is 13.1 Å². The van der Waals surface area contributed by atoms with Crippen LogP contribution < -0.4 is 10.0 Å². The van der Waals surface area contributed by atoms with E-state index in [1.807, 2.05) is 6.92 Å². The van der Waals surface area contributed by atoms with Crippen molar-refractivity contribution in [1.82, 2.24) is 10.0 Å². The molecule has 0 aliphatic rings. The number of hydrogen-bond donors (Lipinski definition) is 3. The summed E-state index contributed by atoms with van der Waals surface area (Å²) >= 11 is 0. The van der Waals surface area contributed by atoms with E-state index in [4.69, 9.17) is 9.52 Å². The minimum absolute atomic E-state index is 0.0718. The predicted molar refractivity (Wildman–Crippen MR) is 72.2 cm³/mol. The number of sulfonamides is 1. The van der Waals surface area contributed by atoms with E-state index in [9.17, 15) is 8.42 Å². The van der Waals surface area contributed by atoms with Crippen molar-refractivity contribution < 1.29 is 17.9 Å². The fourth-order valence-corrected chi connectivity index (χ4v) is 2.54. The van der Waals surface area contributed by atoms with E-state index in [0.717, 1.165) is 6.54 Å². The molecule has 0 fully saturated rings. The summed E-state index contributed by atoms with van der Waals surface area (Å²) in [5.41, 5.74) is 0. The molecule has 6 nitrogen and oxygen atoms in total. The van der Waals surface area contributed by atoms with Crippen LogP contribution in [0.1, 0.15) is 32.4 Å². The lowest BCUT2D eigenvalue weighted by molar-refractivity contribution is 0.182. The van der Waals surface area contributed by atoms with Gasteiger partial charge in [0.2, 0.25) is 5.09 Å². The minimum atomic E-state index is -3.59. The van der Waals surface area contributed by atoms with E-state index in [1.165, 1.54) is 6.07 Å². The lowest BCUT2D eigenvalue weighted by Gasteiger charge is -2.05. The topological polar surface area (TPSA) is 91.6 Å². The molecule has 0 spiro atoms. The molecule has 0 saturated carbocycles. The normalized spacial score (nSPS) is 13.6. The predicted octanol–water partition coefficient (Wildman–Crippen LogP) is 0.828. The summed E-state index contributed by atoms with van der Waals surface area (Å²) < 4.78 is 31.5. The first kappa shape index (κ1) is 16.2. The van der Waals surface area contributed by atoms with Crippen LogP contribution in [0.25, 0.3) is 0 Å². The van der Waals surface area contributed by atoms with E-state index in [1.54, 1.807) is 13.0 Å². The van der Waals surface area contributed by atoms with Gasteiger partial charge in [-0.15, -0.1) is 0 Å². The molecule has 0 aliphatic heterocycles. The number of hydrogen-bond acceptors (Lipinski definition) is 5. The number of aliphatic hydroxyl groups is 1. The Balaban J connectivity index is 2.50. The highest BCUT2D eigenvalue weighted by Crippen LogP contribution is 2.13. The third-order valence-electron chi connectivity index (χ3n) is 2.54. The van der Waals surface area contributed by atoms with E-state index in [0.29, 0.717) is 25.1 Å². The fraction of sp³-hybridized carbons (Fsp3) is 0.667. The van der Waals surface area contributed by atoms with Gasteiger partial charge in [0, 0.05) is 6.54 Å². The van der Waals surface area contributed by atoms with Crippen LogP contribution >= 0.6 is 0 Å². The average molecular weight is 290 g/mol. The Morgan fingerprint density at radius 3 is 2.79 bits per heavy atom. The number of furan rings is 1. The van der Waals surface area contributed by atoms with E-state index in [-0.39, 0.29) is 11.6 Å². The smallest absolute Gasteiger partial charge is 0.273 e. The lowest BCUT2D eigenvalue weighted by Crippen LogP contribution is -2.25. The molecule has 1 aromatic rings. The second-order valence-corrected chi connectivity index (χ2v) is 6.09. The zero-order valence-electron chi connectivity index (χ0n) is 11.3. The first-order valence-electron chi connectivity index (χ1n) is 6.43. The first-order valence-corrected chi connectivity index (χ1v) is 7.91. The Bertz CT molecular complexity index is 468. The highest BCUT2D eigenvalue weighted by atomic mass is 32.2. The summed E-state index contributed by atoms with van der Waals surface area (Å²) in [6.07, 6.45) is 0.730. The second-order valence-electron chi connectivity index (χ2n) is 4.39. The Labute approximate surface area is 114 Å². The fourth-order valence-electron chi connectivity index (χ4n) is 1.52. The summed E-state index contributed by atoms with van der Waals surface area (Å²) in [6.45, 7) is 5.23. The molecule has 0 bridgehead atoms. The zero-order chi connectivity index (χ0) is 14.3. The maximum atomic E-state index is 11.9. The van der Waals surface area contributed by atoms with Gasteiger partial charge in [0.25, 0.3) is 10.0 Å². The average Bonchev–Trinajstić information content (AvgIpc) is 2.81. The lowest BCUT2D eigenvalue weighted by atomic mass is 10.2. The van der Waals surface area contributed by atoms with E-state index < -0.39 is 16.1 Å². The van der Waals surface area contributed by atoms with Crippen LogP contribution in [0, 0.1) is 0 Å². The SMILES string of the molecule is CCNCc1ccc(S(=O)(=O)NCCCC(C)O)o1. The molecule has 0 saturated heterocycles. The molecule has 0 aliphatic carbocycles. The van der Waals surface area contributed by atoms with Gasteiger partial charge in [-0.2, -0.15) is 0 Å². The maximum Gasteiger partial charge on any atom is 0.273 e. The number of aliphatic hydroxyl groups excluding tert-OH is 1. The summed E-state index contributed by atoms with van der Waals surface area (Å²) in [5.74, 6) is 0.589. The van der Waals surface area contributed by atoms with Gasteiger partial charge in [0.05, 0.1) is 12.6 Å². The highest BCUT2D eigenvalue weighted by molar-refractivity contribution is 7.89. The van der Waals surface area contributed by atoms with Crippen molar-refractivity contribution in [1.29, 1.82) is 0 Å². The molecule has 3 N–H and O–H groups in total. The van der Waals surface area contributed by atoms with Crippen LogP contribution in [-0.4, -0.2) is 32.7 Å². The largest absolute Gasteiger partial charge is 0.447 e. The Hall–Kier alpha value is -0.890. The summed E-state index contributed by atoms with van der Waals surface area (Å²) in [6, 6.07) is 3.09. The Morgan fingerprint density at radius 2 is 2.16 bits per heavy atom. The van der Waals surface area contributed by atoms with Gasteiger partial charge in [-0.1, -0.05) is 6.92 Å². The number of nitrogens with one attached hydrogen (secondary N) is 2.